The topological polar surface area (TPSA) is 32.3 Å². The average molecular weight is 196 g/mol. The van der Waals surface area contributed by atoms with E-state index < -0.39 is 0 Å². The minimum atomic E-state index is 0.241. The Morgan fingerprint density at radius 1 is 1.57 bits per heavy atom. The summed E-state index contributed by atoms with van der Waals surface area (Å²) in [7, 11) is 0. The van der Waals surface area contributed by atoms with E-state index in [0.29, 0.717) is 12.5 Å². The summed E-state index contributed by atoms with van der Waals surface area (Å²) in [5.74, 6) is 1.81. The van der Waals surface area contributed by atoms with E-state index >= 15 is 0 Å². The predicted molar refractivity (Wildman–Crippen MR) is 55.7 cm³/mol. The maximum absolute atomic E-state index is 11.5. The zero-order valence-electron chi connectivity index (χ0n) is 9.12. The van der Waals surface area contributed by atoms with Gasteiger partial charge in [-0.3, -0.25) is 10.1 Å². The van der Waals surface area contributed by atoms with Gasteiger partial charge in [-0.05, 0) is 18.8 Å². The number of rotatable bonds is 3. The van der Waals surface area contributed by atoms with Crippen molar-refractivity contribution < 1.29 is 4.79 Å². The SMILES string of the molecule is CC(CN1C(=O)CNC1C)C1CCC1. The summed E-state index contributed by atoms with van der Waals surface area (Å²) in [6, 6.07) is 0. The molecule has 3 nitrogen and oxygen atoms in total. The van der Waals surface area contributed by atoms with Crippen LogP contribution in [0.4, 0.5) is 0 Å². The van der Waals surface area contributed by atoms with Crippen LogP contribution < -0.4 is 5.32 Å². The molecule has 0 aromatic rings. The fourth-order valence-electron chi connectivity index (χ4n) is 2.39. The largest absolute Gasteiger partial charge is 0.326 e. The van der Waals surface area contributed by atoms with Crippen molar-refractivity contribution in [3.8, 4) is 0 Å². The molecule has 1 N–H and O–H groups in total. The van der Waals surface area contributed by atoms with E-state index in [0.717, 1.165) is 12.5 Å². The Balaban J connectivity index is 1.85. The first-order chi connectivity index (χ1) is 6.68. The third-order valence-electron chi connectivity index (χ3n) is 3.78. The fraction of sp³-hybridized carbons (Fsp3) is 0.909. The maximum atomic E-state index is 11.5. The van der Waals surface area contributed by atoms with Crippen LogP contribution in [0.5, 0.6) is 0 Å². The van der Waals surface area contributed by atoms with Gasteiger partial charge in [-0.15, -0.1) is 0 Å². The molecule has 80 valence electrons. The summed E-state index contributed by atoms with van der Waals surface area (Å²) in [4.78, 5) is 13.5. The molecule has 2 unspecified atom stereocenters. The lowest BCUT2D eigenvalue weighted by Gasteiger charge is -2.34. The minimum Gasteiger partial charge on any atom is -0.326 e. The van der Waals surface area contributed by atoms with Gasteiger partial charge in [0.15, 0.2) is 0 Å². The van der Waals surface area contributed by atoms with Gasteiger partial charge in [0.05, 0.1) is 12.7 Å². The van der Waals surface area contributed by atoms with Crippen LogP contribution in [0.2, 0.25) is 0 Å². The van der Waals surface area contributed by atoms with Crippen LogP contribution in [0.1, 0.15) is 33.1 Å². The summed E-state index contributed by atoms with van der Waals surface area (Å²) in [5.41, 5.74) is 0. The molecule has 14 heavy (non-hydrogen) atoms. The van der Waals surface area contributed by atoms with E-state index in [1.165, 1.54) is 19.3 Å². The van der Waals surface area contributed by atoms with Crippen LogP contribution in [0.3, 0.4) is 0 Å². The summed E-state index contributed by atoms with van der Waals surface area (Å²) >= 11 is 0. The molecule has 1 saturated carbocycles. The van der Waals surface area contributed by atoms with Gasteiger partial charge in [0.2, 0.25) is 5.91 Å². The fourth-order valence-corrected chi connectivity index (χ4v) is 2.39. The Hall–Kier alpha value is -0.570. The van der Waals surface area contributed by atoms with Crippen LogP contribution in [0.15, 0.2) is 0 Å². The molecule has 2 aliphatic rings. The first-order valence-corrected chi connectivity index (χ1v) is 5.71. The third kappa shape index (κ3) is 1.78. The van der Waals surface area contributed by atoms with Gasteiger partial charge < -0.3 is 4.90 Å². The van der Waals surface area contributed by atoms with E-state index in [9.17, 15) is 4.79 Å². The van der Waals surface area contributed by atoms with Gasteiger partial charge in [-0.1, -0.05) is 26.2 Å². The second-order valence-corrected chi connectivity index (χ2v) is 4.77. The van der Waals surface area contributed by atoms with E-state index in [2.05, 4.69) is 19.2 Å². The van der Waals surface area contributed by atoms with E-state index in [1.807, 2.05) is 4.90 Å². The van der Waals surface area contributed by atoms with Crippen molar-refractivity contribution in [1.29, 1.82) is 0 Å². The molecule has 1 heterocycles. The number of nitrogens with zero attached hydrogens (tertiary/aromatic N) is 1. The Bertz CT molecular complexity index is 225. The maximum Gasteiger partial charge on any atom is 0.237 e. The zero-order chi connectivity index (χ0) is 10.1. The van der Waals surface area contributed by atoms with Crippen molar-refractivity contribution in [2.24, 2.45) is 11.8 Å². The molecule has 3 heteroatoms. The number of carbonyl (C=O) groups is 1. The van der Waals surface area contributed by atoms with Crippen molar-refractivity contribution in [2.75, 3.05) is 13.1 Å². The lowest BCUT2D eigenvalue weighted by Crippen LogP contribution is -2.40. The minimum absolute atomic E-state index is 0.241. The Morgan fingerprint density at radius 3 is 2.71 bits per heavy atom. The smallest absolute Gasteiger partial charge is 0.237 e. The quantitative estimate of drug-likeness (QED) is 0.735. The predicted octanol–water partition coefficient (Wildman–Crippen LogP) is 1.20. The van der Waals surface area contributed by atoms with E-state index in [-0.39, 0.29) is 12.1 Å². The average Bonchev–Trinajstić information content (AvgIpc) is 2.32. The number of hydrogen-bond donors (Lipinski definition) is 1. The Kier molecular flexibility index (Phi) is 2.77. The monoisotopic (exact) mass is 196 g/mol. The number of carbonyl (C=O) groups excluding carboxylic acids is 1. The molecule has 1 amide bonds. The molecule has 0 bridgehead atoms. The molecule has 0 aromatic heterocycles. The van der Waals surface area contributed by atoms with Gasteiger partial charge in [0.25, 0.3) is 0 Å². The number of hydrogen-bond acceptors (Lipinski definition) is 2. The van der Waals surface area contributed by atoms with Crippen LogP contribution in [-0.2, 0) is 4.79 Å². The highest BCUT2D eigenvalue weighted by Crippen LogP contribution is 2.33. The van der Waals surface area contributed by atoms with Crippen LogP contribution >= 0.6 is 0 Å². The molecule has 2 atom stereocenters. The van der Waals surface area contributed by atoms with Gasteiger partial charge in [0, 0.05) is 6.54 Å². The summed E-state index contributed by atoms with van der Waals surface area (Å²) in [6.45, 7) is 5.82. The van der Waals surface area contributed by atoms with Crippen LogP contribution in [-0.4, -0.2) is 30.1 Å². The van der Waals surface area contributed by atoms with Gasteiger partial charge in [0.1, 0.15) is 0 Å². The number of nitrogens with one attached hydrogen (secondary N) is 1. The highest BCUT2D eigenvalue weighted by atomic mass is 16.2. The highest BCUT2D eigenvalue weighted by molar-refractivity contribution is 5.80. The van der Waals surface area contributed by atoms with Crippen molar-refractivity contribution >= 4 is 5.91 Å². The second-order valence-electron chi connectivity index (χ2n) is 4.77. The molecule has 1 saturated heterocycles. The first kappa shape index (κ1) is 9.97. The highest BCUT2D eigenvalue weighted by Gasteiger charge is 2.31. The van der Waals surface area contributed by atoms with Crippen LogP contribution in [0.25, 0.3) is 0 Å². The molecule has 0 radical (unpaired) electrons. The zero-order valence-corrected chi connectivity index (χ0v) is 9.12. The molecule has 1 aliphatic heterocycles. The molecule has 0 aromatic carbocycles. The summed E-state index contributed by atoms with van der Waals surface area (Å²) in [6.07, 6.45) is 4.36. The first-order valence-electron chi connectivity index (χ1n) is 5.71. The molecular formula is C11H20N2O. The number of amides is 1. The summed E-state index contributed by atoms with van der Waals surface area (Å²) < 4.78 is 0. The molecule has 1 aliphatic carbocycles. The second kappa shape index (κ2) is 3.89. The van der Waals surface area contributed by atoms with E-state index in [4.69, 9.17) is 0 Å². The van der Waals surface area contributed by atoms with Crippen molar-refractivity contribution in [1.82, 2.24) is 10.2 Å². The van der Waals surface area contributed by atoms with Crippen molar-refractivity contribution in [3.05, 3.63) is 0 Å². The van der Waals surface area contributed by atoms with Gasteiger partial charge in [-0.2, -0.15) is 0 Å². The standard InChI is InChI=1S/C11H20N2O/c1-8(10-4-3-5-10)7-13-9(2)12-6-11(13)14/h8-10,12H,3-7H2,1-2H3. The molecule has 2 rings (SSSR count). The van der Waals surface area contributed by atoms with Crippen molar-refractivity contribution in [3.63, 3.8) is 0 Å². The Morgan fingerprint density at radius 2 is 2.29 bits per heavy atom. The normalized spacial score (nSPS) is 30.6. The van der Waals surface area contributed by atoms with Crippen LogP contribution in [0, 0.1) is 11.8 Å². The lowest BCUT2D eigenvalue weighted by molar-refractivity contribution is -0.128. The lowest BCUT2D eigenvalue weighted by atomic mass is 9.76. The molecular weight excluding hydrogens is 176 g/mol. The van der Waals surface area contributed by atoms with Gasteiger partial charge in [-0.25, -0.2) is 0 Å². The third-order valence-corrected chi connectivity index (χ3v) is 3.78. The Labute approximate surface area is 85.8 Å². The van der Waals surface area contributed by atoms with Gasteiger partial charge >= 0.3 is 0 Å². The van der Waals surface area contributed by atoms with Crippen molar-refractivity contribution in [2.45, 2.75) is 39.3 Å². The van der Waals surface area contributed by atoms with E-state index in [1.54, 1.807) is 0 Å². The molecule has 2 fully saturated rings. The molecule has 0 spiro atoms. The summed E-state index contributed by atoms with van der Waals surface area (Å²) in [5, 5.41) is 3.18.